The van der Waals surface area contributed by atoms with E-state index < -0.39 is 5.97 Å². The van der Waals surface area contributed by atoms with Crippen molar-refractivity contribution < 1.29 is 14.6 Å². The van der Waals surface area contributed by atoms with Crippen LogP contribution in [0.1, 0.15) is 58.4 Å². The van der Waals surface area contributed by atoms with Crippen LogP contribution in [0.5, 0.6) is 5.75 Å². The van der Waals surface area contributed by atoms with E-state index in [2.05, 4.69) is 36.1 Å². The van der Waals surface area contributed by atoms with Crippen LogP contribution in [0.3, 0.4) is 0 Å². The lowest BCUT2D eigenvalue weighted by Gasteiger charge is -2.36. The maximum absolute atomic E-state index is 10.6. The number of aliphatic carboxylic acids is 1. The molecule has 0 radical (unpaired) electrons. The number of carboxylic acids is 1. The molecule has 2 N–H and O–H groups in total. The number of aromatic nitrogens is 2. The molecule has 6 nitrogen and oxygen atoms in total. The van der Waals surface area contributed by atoms with E-state index in [0.717, 1.165) is 35.6 Å². The van der Waals surface area contributed by atoms with Gasteiger partial charge in [-0.05, 0) is 48.6 Å². The summed E-state index contributed by atoms with van der Waals surface area (Å²) in [6.45, 7) is 8.03. The van der Waals surface area contributed by atoms with E-state index >= 15 is 0 Å². The molecule has 1 heterocycles. The quantitative estimate of drug-likeness (QED) is 0.613. The normalized spacial score (nSPS) is 19.4. The highest BCUT2D eigenvalue weighted by Crippen LogP contribution is 2.38. The van der Waals surface area contributed by atoms with Crippen LogP contribution in [0, 0.1) is 11.3 Å². The molecule has 0 bridgehead atoms. The summed E-state index contributed by atoms with van der Waals surface area (Å²) in [6, 6.07) is 7.97. The van der Waals surface area contributed by atoms with Gasteiger partial charge in [-0.15, -0.1) is 0 Å². The highest BCUT2D eigenvalue weighted by atomic mass is 16.5. The fraction of sp³-hybridized carbons (Fsp3) is 0.542. The zero-order chi connectivity index (χ0) is 21.6. The Morgan fingerprint density at radius 3 is 2.50 bits per heavy atom. The van der Waals surface area contributed by atoms with E-state index in [9.17, 15) is 4.79 Å². The highest BCUT2D eigenvalue weighted by molar-refractivity contribution is 5.66. The Bertz CT molecular complexity index is 822. The number of hydrogen-bond donors (Lipinski definition) is 2. The first-order valence-electron chi connectivity index (χ1n) is 10.8. The van der Waals surface area contributed by atoms with Gasteiger partial charge in [0.05, 0.1) is 24.9 Å². The molecule has 1 aromatic heterocycles. The molecule has 6 heteroatoms. The van der Waals surface area contributed by atoms with Crippen LogP contribution in [0.25, 0.3) is 11.4 Å². The number of carbonyl (C=O) groups is 1. The summed E-state index contributed by atoms with van der Waals surface area (Å²) < 4.78 is 6.13. The third-order valence-corrected chi connectivity index (χ3v) is 5.86. The van der Waals surface area contributed by atoms with Crippen molar-refractivity contribution in [2.24, 2.45) is 11.3 Å². The smallest absolute Gasteiger partial charge is 0.304 e. The molecule has 0 atom stereocenters. The molecule has 0 aliphatic heterocycles. The summed E-state index contributed by atoms with van der Waals surface area (Å²) in [5.41, 5.74) is 2.37. The Hall–Kier alpha value is -2.47. The topological polar surface area (TPSA) is 84.3 Å². The summed E-state index contributed by atoms with van der Waals surface area (Å²) in [6.07, 6.45) is 8.47. The van der Waals surface area contributed by atoms with E-state index in [1.807, 2.05) is 24.3 Å². The molecule has 0 spiro atoms. The monoisotopic (exact) mass is 411 g/mol. The zero-order valence-corrected chi connectivity index (χ0v) is 18.2. The molecule has 30 heavy (non-hydrogen) atoms. The van der Waals surface area contributed by atoms with E-state index in [1.54, 1.807) is 12.4 Å². The van der Waals surface area contributed by atoms with Crippen molar-refractivity contribution in [3.8, 4) is 17.1 Å². The van der Waals surface area contributed by atoms with Gasteiger partial charge in [-0.25, -0.2) is 9.97 Å². The predicted molar refractivity (Wildman–Crippen MR) is 117 cm³/mol. The standard InChI is InChI=1S/C24H33N3O3/c1-24(2,3)19-7-9-20(10-8-19)30-21-15-26-23(27-16-21)18-6-4-5-17(13-18)14-25-12-11-22(28)29/h4-6,13,15-16,19-20,25H,7-12,14H2,1-3H3,(H,28,29)/t19-,20-. The summed E-state index contributed by atoms with van der Waals surface area (Å²) in [7, 11) is 0. The molecule has 1 aliphatic carbocycles. The van der Waals surface area contributed by atoms with Crippen LogP contribution < -0.4 is 10.1 Å². The van der Waals surface area contributed by atoms with Crippen LogP contribution in [0.4, 0.5) is 0 Å². The van der Waals surface area contributed by atoms with Gasteiger partial charge in [0, 0.05) is 18.7 Å². The van der Waals surface area contributed by atoms with Gasteiger partial charge < -0.3 is 15.2 Å². The minimum Gasteiger partial charge on any atom is -0.487 e. The van der Waals surface area contributed by atoms with Crippen molar-refractivity contribution >= 4 is 5.97 Å². The SMILES string of the molecule is CC(C)(C)[C@H]1CC[C@H](Oc2cnc(-c3cccc(CNCCC(=O)O)c3)nc2)CC1. The number of nitrogens with zero attached hydrogens (tertiary/aromatic N) is 2. The van der Waals surface area contributed by atoms with Crippen LogP contribution in [-0.4, -0.2) is 33.7 Å². The second-order valence-electron chi connectivity index (χ2n) is 9.22. The van der Waals surface area contributed by atoms with Crippen LogP contribution >= 0.6 is 0 Å². The van der Waals surface area contributed by atoms with Gasteiger partial charge >= 0.3 is 5.97 Å². The second kappa shape index (κ2) is 10.0. The van der Waals surface area contributed by atoms with Crippen LogP contribution in [-0.2, 0) is 11.3 Å². The van der Waals surface area contributed by atoms with E-state index in [0.29, 0.717) is 24.3 Å². The molecule has 162 valence electrons. The first-order chi connectivity index (χ1) is 14.3. The third-order valence-electron chi connectivity index (χ3n) is 5.86. The first kappa shape index (κ1) is 22.2. The molecule has 3 rings (SSSR count). The summed E-state index contributed by atoms with van der Waals surface area (Å²) in [5.74, 6) is 1.35. The number of hydrogen-bond acceptors (Lipinski definition) is 5. The van der Waals surface area contributed by atoms with Crippen molar-refractivity contribution in [2.45, 2.75) is 65.5 Å². The van der Waals surface area contributed by atoms with Gasteiger partial charge in [0.25, 0.3) is 0 Å². The lowest BCUT2D eigenvalue weighted by atomic mass is 9.72. The molecule has 1 saturated carbocycles. The largest absolute Gasteiger partial charge is 0.487 e. The van der Waals surface area contributed by atoms with Gasteiger partial charge in [-0.3, -0.25) is 4.79 Å². The number of nitrogens with one attached hydrogen (secondary N) is 1. The van der Waals surface area contributed by atoms with E-state index in [1.165, 1.54) is 12.8 Å². The zero-order valence-electron chi connectivity index (χ0n) is 18.2. The molecule has 0 amide bonds. The summed E-state index contributed by atoms with van der Waals surface area (Å²) in [5, 5.41) is 11.8. The fourth-order valence-corrected chi connectivity index (χ4v) is 4.01. The van der Waals surface area contributed by atoms with Gasteiger partial charge in [-0.2, -0.15) is 0 Å². The number of rotatable bonds is 8. The number of benzene rings is 1. The number of ether oxygens (including phenoxy) is 1. The second-order valence-corrected chi connectivity index (χ2v) is 9.22. The molecule has 1 aromatic carbocycles. The van der Waals surface area contributed by atoms with Crippen molar-refractivity contribution in [3.05, 3.63) is 42.2 Å². The molecule has 2 aromatic rings. The molecular weight excluding hydrogens is 378 g/mol. The van der Waals surface area contributed by atoms with E-state index in [4.69, 9.17) is 9.84 Å². The summed E-state index contributed by atoms with van der Waals surface area (Å²) in [4.78, 5) is 19.6. The molecule has 1 fully saturated rings. The first-order valence-corrected chi connectivity index (χ1v) is 10.8. The van der Waals surface area contributed by atoms with Crippen molar-refractivity contribution in [3.63, 3.8) is 0 Å². The average Bonchev–Trinajstić information content (AvgIpc) is 2.72. The lowest BCUT2D eigenvalue weighted by molar-refractivity contribution is -0.136. The summed E-state index contributed by atoms with van der Waals surface area (Å²) >= 11 is 0. The Labute approximate surface area is 179 Å². The molecule has 0 saturated heterocycles. The lowest BCUT2D eigenvalue weighted by Crippen LogP contribution is -2.30. The Morgan fingerprint density at radius 2 is 1.87 bits per heavy atom. The maximum atomic E-state index is 10.6. The van der Waals surface area contributed by atoms with Gasteiger partial charge in [0.15, 0.2) is 11.6 Å². The van der Waals surface area contributed by atoms with Gasteiger partial charge in [-0.1, -0.05) is 39.0 Å². The number of carboxylic acid groups (broad SMARTS) is 1. The maximum Gasteiger partial charge on any atom is 0.304 e. The fourth-order valence-electron chi connectivity index (χ4n) is 4.01. The highest BCUT2D eigenvalue weighted by Gasteiger charge is 2.30. The molecule has 1 aliphatic rings. The Morgan fingerprint density at radius 1 is 1.17 bits per heavy atom. The molecular formula is C24H33N3O3. The van der Waals surface area contributed by atoms with Crippen molar-refractivity contribution in [1.29, 1.82) is 0 Å². The minimum absolute atomic E-state index is 0.113. The van der Waals surface area contributed by atoms with E-state index in [-0.39, 0.29) is 12.5 Å². The average molecular weight is 412 g/mol. The molecule has 0 unspecified atom stereocenters. The van der Waals surface area contributed by atoms with Crippen molar-refractivity contribution in [2.75, 3.05) is 6.54 Å². The Balaban J connectivity index is 1.53. The van der Waals surface area contributed by atoms with Crippen LogP contribution in [0.2, 0.25) is 0 Å². The van der Waals surface area contributed by atoms with Gasteiger partial charge in [0.1, 0.15) is 0 Å². The predicted octanol–water partition coefficient (Wildman–Crippen LogP) is 4.69. The van der Waals surface area contributed by atoms with Crippen molar-refractivity contribution in [1.82, 2.24) is 15.3 Å². The van der Waals surface area contributed by atoms with Gasteiger partial charge in [0.2, 0.25) is 0 Å². The third kappa shape index (κ3) is 6.52. The van der Waals surface area contributed by atoms with Crippen LogP contribution in [0.15, 0.2) is 36.7 Å². The Kier molecular flexibility index (Phi) is 7.43. The minimum atomic E-state index is -0.797.